The lowest BCUT2D eigenvalue weighted by Gasteiger charge is -1.97. The maximum atomic E-state index is 11.4. The number of hydrogen-bond acceptors (Lipinski definition) is 6. The minimum absolute atomic E-state index is 0.0551. The minimum Gasteiger partial charge on any atom is -0.478 e. The lowest BCUT2D eigenvalue weighted by Crippen LogP contribution is -2.08. The molecule has 2 rings (SSSR count). The van der Waals surface area contributed by atoms with Gasteiger partial charge in [0.25, 0.3) is 5.69 Å². The normalized spacial score (nSPS) is 10.5. The van der Waals surface area contributed by atoms with Gasteiger partial charge >= 0.3 is 5.97 Å². The van der Waals surface area contributed by atoms with Crippen LogP contribution in [0.4, 0.5) is 10.8 Å². The van der Waals surface area contributed by atoms with E-state index in [1.54, 1.807) is 17.5 Å². The molecule has 0 radical (unpaired) electrons. The molecule has 2 N–H and O–H groups in total. The summed E-state index contributed by atoms with van der Waals surface area (Å²) < 4.78 is 0. The summed E-state index contributed by atoms with van der Waals surface area (Å²) in [5.41, 5.74) is 0.971. The maximum Gasteiger partial charge on any atom is 0.328 e. The number of aliphatic carboxylic acids is 1. The molecule has 0 atom stereocenters. The largest absolute Gasteiger partial charge is 0.478 e. The Labute approximate surface area is 127 Å². The molecule has 0 aliphatic rings. The quantitative estimate of drug-likeness (QED) is 0.495. The zero-order valence-electron chi connectivity index (χ0n) is 10.9. The van der Waals surface area contributed by atoms with Gasteiger partial charge in [0.05, 0.1) is 10.6 Å². The van der Waals surface area contributed by atoms with E-state index in [9.17, 15) is 19.7 Å². The highest BCUT2D eigenvalue weighted by Gasteiger charge is 2.10. The fourth-order valence-electron chi connectivity index (χ4n) is 1.54. The third-order valence-corrected chi connectivity index (χ3v) is 3.22. The van der Waals surface area contributed by atoms with Gasteiger partial charge in [-0.25, -0.2) is 9.78 Å². The first-order valence-electron chi connectivity index (χ1n) is 5.88. The number of rotatable bonds is 5. The summed E-state index contributed by atoms with van der Waals surface area (Å²) in [5.74, 6) is -1.85. The Balaban J connectivity index is 2.14. The van der Waals surface area contributed by atoms with Gasteiger partial charge in [-0.15, -0.1) is 11.3 Å². The molecule has 9 heteroatoms. The number of carbonyl (C=O) groups is 2. The predicted molar refractivity (Wildman–Crippen MR) is 79.6 cm³/mol. The van der Waals surface area contributed by atoms with Gasteiger partial charge < -0.3 is 5.11 Å². The molecule has 1 aromatic heterocycles. The number of carbonyl (C=O) groups excluding carboxylic acids is 1. The summed E-state index contributed by atoms with van der Waals surface area (Å²) in [4.78, 5) is 36.1. The maximum absolute atomic E-state index is 11.4. The van der Waals surface area contributed by atoms with Gasteiger partial charge in [0, 0.05) is 35.2 Å². The highest BCUT2D eigenvalue weighted by molar-refractivity contribution is 7.14. The number of non-ortho nitro benzene ring substituents is 1. The van der Waals surface area contributed by atoms with Gasteiger partial charge in [-0.05, 0) is 0 Å². The van der Waals surface area contributed by atoms with Crippen LogP contribution in [0.2, 0.25) is 0 Å². The molecule has 1 aromatic carbocycles. The van der Waals surface area contributed by atoms with Gasteiger partial charge in [0.1, 0.15) is 0 Å². The minimum atomic E-state index is -1.23. The van der Waals surface area contributed by atoms with E-state index < -0.39 is 16.8 Å². The summed E-state index contributed by atoms with van der Waals surface area (Å²) in [7, 11) is 0. The molecular formula is C13H9N3O5S. The van der Waals surface area contributed by atoms with E-state index in [-0.39, 0.29) is 10.8 Å². The van der Waals surface area contributed by atoms with Gasteiger partial charge in [-0.2, -0.15) is 0 Å². The molecule has 0 fully saturated rings. The van der Waals surface area contributed by atoms with Crippen molar-refractivity contribution in [1.82, 2.24) is 4.98 Å². The van der Waals surface area contributed by atoms with Gasteiger partial charge in [0.15, 0.2) is 5.13 Å². The molecule has 0 saturated heterocycles. The third-order valence-electron chi connectivity index (χ3n) is 2.46. The van der Waals surface area contributed by atoms with Crippen molar-refractivity contribution in [3.8, 4) is 11.3 Å². The lowest BCUT2D eigenvalue weighted by atomic mass is 10.1. The summed E-state index contributed by atoms with van der Waals surface area (Å²) in [6.07, 6.45) is 1.58. The Morgan fingerprint density at radius 1 is 1.36 bits per heavy atom. The van der Waals surface area contributed by atoms with Crippen LogP contribution in [0.1, 0.15) is 0 Å². The highest BCUT2D eigenvalue weighted by Crippen LogP contribution is 2.27. The standard InChI is InChI=1S/C13H9N3O5S/c17-11(4-5-12(18)19)15-13-14-10(7-22-13)8-2-1-3-9(6-8)16(20)21/h1-7H,(H,18,19)(H,14,15,17)/b5-4-. The fraction of sp³-hybridized carbons (Fsp3) is 0. The molecule has 1 heterocycles. The second-order valence-electron chi connectivity index (χ2n) is 4.01. The van der Waals surface area contributed by atoms with Crippen LogP contribution in [0.25, 0.3) is 11.3 Å². The van der Waals surface area contributed by atoms with Crippen LogP contribution in [0, 0.1) is 10.1 Å². The Kier molecular flexibility index (Phi) is 4.59. The highest BCUT2D eigenvalue weighted by atomic mass is 32.1. The number of thiazole rings is 1. The number of nitrogens with one attached hydrogen (secondary N) is 1. The smallest absolute Gasteiger partial charge is 0.328 e. The van der Waals surface area contributed by atoms with Gasteiger partial charge in [-0.1, -0.05) is 12.1 Å². The molecule has 22 heavy (non-hydrogen) atoms. The first kappa shape index (κ1) is 15.3. The predicted octanol–water partition coefficient (Wildman–Crippen LogP) is 2.30. The molecular weight excluding hydrogens is 310 g/mol. The Bertz CT molecular complexity index is 769. The number of nitrogens with zero attached hydrogens (tertiary/aromatic N) is 2. The monoisotopic (exact) mass is 319 g/mol. The number of amides is 1. The molecule has 2 aromatic rings. The van der Waals surface area contributed by atoms with Crippen molar-refractivity contribution in [2.45, 2.75) is 0 Å². The topological polar surface area (TPSA) is 122 Å². The average molecular weight is 319 g/mol. The summed E-state index contributed by atoms with van der Waals surface area (Å²) in [6, 6.07) is 5.96. The van der Waals surface area contributed by atoms with Gasteiger partial charge in [0.2, 0.25) is 5.91 Å². The first-order chi connectivity index (χ1) is 10.5. The summed E-state index contributed by atoms with van der Waals surface area (Å²) in [5, 5.41) is 23.5. The van der Waals surface area contributed by atoms with Crippen LogP contribution in [0.15, 0.2) is 41.8 Å². The fourth-order valence-corrected chi connectivity index (χ4v) is 2.26. The van der Waals surface area contributed by atoms with E-state index in [1.165, 1.54) is 12.1 Å². The Morgan fingerprint density at radius 2 is 2.14 bits per heavy atom. The average Bonchev–Trinajstić information content (AvgIpc) is 2.93. The van der Waals surface area contributed by atoms with Crippen LogP contribution in [0.3, 0.4) is 0 Å². The van der Waals surface area contributed by atoms with E-state index in [2.05, 4.69) is 10.3 Å². The summed E-state index contributed by atoms with van der Waals surface area (Å²) in [6.45, 7) is 0. The molecule has 0 aliphatic heterocycles. The molecule has 112 valence electrons. The van der Waals surface area contributed by atoms with Crippen molar-refractivity contribution in [3.05, 3.63) is 51.9 Å². The number of nitro benzene ring substituents is 1. The molecule has 1 amide bonds. The second kappa shape index (κ2) is 6.59. The van der Waals surface area contributed by atoms with Crippen LogP contribution in [-0.4, -0.2) is 26.9 Å². The third kappa shape index (κ3) is 3.96. The number of hydrogen-bond donors (Lipinski definition) is 2. The van der Waals surface area contributed by atoms with Crippen LogP contribution in [-0.2, 0) is 9.59 Å². The number of nitro groups is 1. The zero-order chi connectivity index (χ0) is 16.1. The lowest BCUT2D eigenvalue weighted by molar-refractivity contribution is -0.384. The van der Waals surface area contributed by atoms with Crippen LogP contribution < -0.4 is 5.32 Å². The second-order valence-corrected chi connectivity index (χ2v) is 4.86. The number of carboxylic acids is 1. The van der Waals surface area contributed by atoms with Crippen LogP contribution in [0.5, 0.6) is 0 Å². The number of benzene rings is 1. The van der Waals surface area contributed by atoms with Crippen molar-refractivity contribution in [1.29, 1.82) is 0 Å². The first-order valence-corrected chi connectivity index (χ1v) is 6.76. The van der Waals surface area contributed by atoms with E-state index in [4.69, 9.17) is 5.11 Å². The number of carboxylic acid groups (broad SMARTS) is 1. The number of aromatic nitrogens is 1. The molecule has 8 nitrogen and oxygen atoms in total. The van der Waals surface area contributed by atoms with Crippen molar-refractivity contribution in [2.24, 2.45) is 0 Å². The van der Waals surface area contributed by atoms with Crippen molar-refractivity contribution < 1.29 is 19.6 Å². The van der Waals surface area contributed by atoms with E-state index in [0.717, 1.165) is 17.4 Å². The number of anilines is 1. The summed E-state index contributed by atoms with van der Waals surface area (Å²) >= 11 is 1.13. The van der Waals surface area contributed by atoms with Gasteiger partial charge in [-0.3, -0.25) is 20.2 Å². The van der Waals surface area contributed by atoms with E-state index in [1.807, 2.05) is 0 Å². The van der Waals surface area contributed by atoms with Crippen LogP contribution >= 0.6 is 11.3 Å². The molecule has 0 aliphatic carbocycles. The molecule has 0 saturated carbocycles. The molecule has 0 bridgehead atoms. The van der Waals surface area contributed by atoms with E-state index in [0.29, 0.717) is 17.3 Å². The van der Waals surface area contributed by atoms with Crippen molar-refractivity contribution in [2.75, 3.05) is 5.32 Å². The SMILES string of the molecule is O=C(O)/C=C\C(=O)Nc1nc(-c2cccc([N+](=O)[O-])c2)cs1. The Morgan fingerprint density at radius 3 is 2.82 bits per heavy atom. The molecule has 0 unspecified atom stereocenters. The van der Waals surface area contributed by atoms with Crippen molar-refractivity contribution in [3.63, 3.8) is 0 Å². The molecule has 0 spiro atoms. The zero-order valence-corrected chi connectivity index (χ0v) is 11.7. The Hall–Kier alpha value is -3.07. The van der Waals surface area contributed by atoms with E-state index >= 15 is 0 Å². The van der Waals surface area contributed by atoms with Crippen molar-refractivity contribution >= 4 is 34.0 Å².